The largest absolute Gasteiger partial charge is 0.495 e. The first-order chi connectivity index (χ1) is 12.4. The summed E-state index contributed by atoms with van der Waals surface area (Å²) in [5.41, 5.74) is 1.34. The number of nitrogens with zero attached hydrogens (tertiary/aromatic N) is 2. The van der Waals surface area contributed by atoms with Crippen LogP contribution in [0.4, 0.5) is 5.69 Å². The van der Waals surface area contributed by atoms with E-state index in [0.29, 0.717) is 23.0 Å². The summed E-state index contributed by atoms with van der Waals surface area (Å²) in [5, 5.41) is 3.41. The van der Waals surface area contributed by atoms with E-state index in [0.717, 1.165) is 38.4 Å². The number of carbonyl (C=O) groups is 2. The molecule has 2 rings (SSSR count). The van der Waals surface area contributed by atoms with Crippen molar-refractivity contribution < 1.29 is 19.1 Å². The van der Waals surface area contributed by atoms with Gasteiger partial charge in [-0.15, -0.1) is 0 Å². The van der Waals surface area contributed by atoms with E-state index >= 15 is 0 Å². The average molecular weight is 384 g/mol. The highest BCUT2D eigenvalue weighted by atomic mass is 35.5. The fourth-order valence-electron chi connectivity index (χ4n) is 2.77. The van der Waals surface area contributed by atoms with Crippen molar-refractivity contribution in [2.75, 3.05) is 57.9 Å². The van der Waals surface area contributed by atoms with Gasteiger partial charge in [-0.2, -0.15) is 0 Å². The smallest absolute Gasteiger partial charge is 0.240 e. The Labute approximate surface area is 159 Å². The molecule has 0 unspecified atom stereocenters. The predicted molar refractivity (Wildman–Crippen MR) is 101 cm³/mol. The summed E-state index contributed by atoms with van der Waals surface area (Å²) in [5.74, 6) is -0.00613. The lowest BCUT2D eigenvalue weighted by Crippen LogP contribution is -2.44. The molecule has 1 saturated heterocycles. The molecule has 1 aliphatic heterocycles. The van der Waals surface area contributed by atoms with Crippen LogP contribution in [0.5, 0.6) is 5.75 Å². The summed E-state index contributed by atoms with van der Waals surface area (Å²) in [4.78, 5) is 28.0. The van der Waals surface area contributed by atoms with Gasteiger partial charge in [0.25, 0.3) is 0 Å². The second-order valence-electron chi connectivity index (χ2n) is 6.18. The molecule has 1 aliphatic rings. The molecule has 1 aromatic rings. The van der Waals surface area contributed by atoms with Gasteiger partial charge >= 0.3 is 0 Å². The molecule has 1 fully saturated rings. The van der Waals surface area contributed by atoms with E-state index in [1.54, 1.807) is 12.1 Å². The van der Waals surface area contributed by atoms with Crippen molar-refractivity contribution >= 4 is 29.1 Å². The first-order valence-electron chi connectivity index (χ1n) is 8.61. The zero-order valence-electron chi connectivity index (χ0n) is 15.5. The van der Waals surface area contributed by atoms with Gasteiger partial charge in [0.05, 0.1) is 26.0 Å². The van der Waals surface area contributed by atoms with Gasteiger partial charge in [0.1, 0.15) is 12.3 Å². The minimum atomic E-state index is -0.242. The second-order valence-corrected chi connectivity index (χ2v) is 6.59. The fraction of sp³-hybridized carbons (Fsp3) is 0.556. The molecule has 0 bridgehead atoms. The van der Waals surface area contributed by atoms with Gasteiger partial charge in [0.15, 0.2) is 0 Å². The molecule has 1 aromatic carbocycles. The van der Waals surface area contributed by atoms with Crippen LogP contribution >= 0.6 is 11.6 Å². The number of hydrogen-bond donors (Lipinski definition) is 1. The van der Waals surface area contributed by atoms with Gasteiger partial charge in [-0.05, 0) is 18.6 Å². The van der Waals surface area contributed by atoms with Crippen LogP contribution in [-0.2, 0) is 14.3 Å². The number of hydrogen-bond acceptors (Lipinski definition) is 5. The van der Waals surface area contributed by atoms with Crippen molar-refractivity contribution in [2.24, 2.45) is 0 Å². The van der Waals surface area contributed by atoms with Gasteiger partial charge < -0.3 is 14.8 Å². The fourth-order valence-corrected chi connectivity index (χ4v) is 2.92. The van der Waals surface area contributed by atoms with Crippen LogP contribution < -0.4 is 15.0 Å². The zero-order valence-corrected chi connectivity index (χ0v) is 16.3. The van der Waals surface area contributed by atoms with Crippen LogP contribution in [0.25, 0.3) is 0 Å². The number of ether oxygens (including phenoxy) is 2. The third-order valence-corrected chi connectivity index (χ3v) is 4.69. The minimum absolute atomic E-state index is 0.0735. The van der Waals surface area contributed by atoms with Crippen molar-refractivity contribution in [3.63, 3.8) is 0 Å². The molecule has 1 heterocycles. The van der Waals surface area contributed by atoms with Gasteiger partial charge in [-0.3, -0.25) is 19.4 Å². The van der Waals surface area contributed by atoms with Crippen molar-refractivity contribution in [1.29, 1.82) is 0 Å². The number of carbonyl (C=O) groups excluding carboxylic acids is 2. The lowest BCUT2D eigenvalue weighted by molar-refractivity contribution is -0.123. The Bertz CT molecular complexity index is 648. The molecular weight excluding hydrogens is 358 g/mol. The van der Waals surface area contributed by atoms with E-state index < -0.39 is 0 Å². The van der Waals surface area contributed by atoms with Crippen LogP contribution in [0.3, 0.4) is 0 Å². The Balaban J connectivity index is 1.98. The molecule has 0 spiro atoms. The maximum atomic E-state index is 12.3. The topological polar surface area (TPSA) is 71.1 Å². The third kappa shape index (κ3) is 5.59. The number of halogens is 1. The molecule has 8 heteroatoms. The van der Waals surface area contributed by atoms with Crippen molar-refractivity contribution in [3.05, 3.63) is 22.7 Å². The number of aryl methyl sites for hydroxylation is 1. The lowest BCUT2D eigenvalue weighted by Gasteiger charge is -2.27. The molecular formula is C18H26ClN3O4. The Morgan fingerprint density at radius 3 is 2.65 bits per heavy atom. The first-order valence-corrected chi connectivity index (χ1v) is 8.99. The van der Waals surface area contributed by atoms with Gasteiger partial charge in [-0.1, -0.05) is 11.6 Å². The number of anilines is 1. The number of methoxy groups -OCH3 is 1. The lowest BCUT2D eigenvalue weighted by atomic mass is 10.2. The van der Waals surface area contributed by atoms with Crippen molar-refractivity contribution in [3.8, 4) is 5.75 Å². The number of benzene rings is 1. The zero-order chi connectivity index (χ0) is 19.1. The highest BCUT2D eigenvalue weighted by molar-refractivity contribution is 6.31. The van der Waals surface area contributed by atoms with E-state index in [4.69, 9.17) is 21.1 Å². The van der Waals surface area contributed by atoms with Crippen LogP contribution in [0, 0.1) is 6.92 Å². The SMILES string of the molecule is COc1cc(Cl)c(C)cc1N(CC(=O)NCCN1CCOCC1)C(C)=O. The minimum Gasteiger partial charge on any atom is -0.495 e. The molecule has 0 aromatic heterocycles. The summed E-state index contributed by atoms with van der Waals surface area (Å²) in [6, 6.07) is 3.40. The Hall–Kier alpha value is -1.83. The van der Waals surface area contributed by atoms with E-state index in [2.05, 4.69) is 10.2 Å². The molecule has 0 saturated carbocycles. The van der Waals surface area contributed by atoms with Crippen molar-refractivity contribution in [2.45, 2.75) is 13.8 Å². The molecule has 0 atom stereocenters. The summed E-state index contributed by atoms with van der Waals surface area (Å²) >= 11 is 6.12. The average Bonchev–Trinajstić information content (AvgIpc) is 2.62. The summed E-state index contributed by atoms with van der Waals surface area (Å²) in [6.45, 7) is 7.67. The monoisotopic (exact) mass is 383 g/mol. The molecule has 144 valence electrons. The molecule has 0 radical (unpaired) electrons. The number of rotatable bonds is 7. The van der Waals surface area contributed by atoms with Crippen molar-refractivity contribution in [1.82, 2.24) is 10.2 Å². The highest BCUT2D eigenvalue weighted by Crippen LogP contribution is 2.33. The third-order valence-electron chi connectivity index (χ3n) is 4.29. The van der Waals surface area contributed by atoms with Crippen LogP contribution in [0.2, 0.25) is 5.02 Å². The van der Waals surface area contributed by atoms with Gasteiger partial charge in [-0.25, -0.2) is 0 Å². The van der Waals surface area contributed by atoms with E-state index in [9.17, 15) is 9.59 Å². The molecule has 26 heavy (non-hydrogen) atoms. The second kappa shape index (κ2) is 9.75. The van der Waals surface area contributed by atoms with E-state index in [-0.39, 0.29) is 18.4 Å². The van der Waals surface area contributed by atoms with E-state index in [1.165, 1.54) is 18.9 Å². The normalized spacial score (nSPS) is 14.8. The Morgan fingerprint density at radius 2 is 2.04 bits per heavy atom. The first kappa shape index (κ1) is 20.5. The Morgan fingerprint density at radius 1 is 1.35 bits per heavy atom. The van der Waals surface area contributed by atoms with Gasteiger partial charge in [0, 0.05) is 44.2 Å². The molecule has 7 nitrogen and oxygen atoms in total. The number of amides is 2. The van der Waals surface area contributed by atoms with Crippen LogP contribution in [0.1, 0.15) is 12.5 Å². The summed E-state index contributed by atoms with van der Waals surface area (Å²) in [7, 11) is 1.51. The summed E-state index contributed by atoms with van der Waals surface area (Å²) in [6.07, 6.45) is 0. The quantitative estimate of drug-likeness (QED) is 0.771. The Kier molecular flexibility index (Phi) is 7.68. The predicted octanol–water partition coefficient (Wildman–Crippen LogP) is 1.46. The maximum absolute atomic E-state index is 12.3. The van der Waals surface area contributed by atoms with Crippen LogP contribution in [-0.4, -0.2) is 69.8 Å². The van der Waals surface area contributed by atoms with Crippen LogP contribution in [0.15, 0.2) is 12.1 Å². The molecule has 0 aliphatic carbocycles. The highest BCUT2D eigenvalue weighted by Gasteiger charge is 2.21. The van der Waals surface area contributed by atoms with E-state index in [1.807, 2.05) is 6.92 Å². The number of morpholine rings is 1. The maximum Gasteiger partial charge on any atom is 0.240 e. The van der Waals surface area contributed by atoms with Gasteiger partial charge in [0.2, 0.25) is 11.8 Å². The summed E-state index contributed by atoms with van der Waals surface area (Å²) < 4.78 is 10.6. The molecule has 1 N–H and O–H groups in total. The molecule has 2 amide bonds. The standard InChI is InChI=1S/C18H26ClN3O4/c1-13-10-16(17(25-3)11-15(13)19)22(14(2)23)12-18(24)20-4-5-21-6-8-26-9-7-21/h10-11H,4-9,12H2,1-3H3,(H,20,24). The number of nitrogens with one attached hydrogen (secondary N) is 1.